The number of rotatable bonds is 8. The number of hydrogen-bond acceptors (Lipinski definition) is 3. The highest BCUT2D eigenvalue weighted by Crippen LogP contribution is 2.21. The fourth-order valence-corrected chi connectivity index (χ4v) is 3.53. The predicted octanol–water partition coefficient (Wildman–Crippen LogP) is 4.29. The molecule has 0 amide bonds. The van der Waals surface area contributed by atoms with Crippen molar-refractivity contribution >= 4 is 27.3 Å². The Morgan fingerprint density at radius 1 is 1.10 bits per heavy atom. The van der Waals surface area contributed by atoms with Gasteiger partial charge in [-0.25, -0.2) is 0 Å². The lowest BCUT2D eigenvalue weighted by Gasteiger charge is -2.16. The topological polar surface area (TPSA) is 15.3 Å². The van der Waals surface area contributed by atoms with Crippen molar-refractivity contribution in [1.29, 1.82) is 0 Å². The summed E-state index contributed by atoms with van der Waals surface area (Å²) in [6.45, 7) is 6.22. The van der Waals surface area contributed by atoms with Crippen molar-refractivity contribution in [2.45, 2.75) is 26.4 Å². The fourth-order valence-electron chi connectivity index (χ4n) is 2.33. The lowest BCUT2D eigenvalue weighted by atomic mass is 10.1. The molecule has 4 heteroatoms. The standard InChI is InChI=1S/C17H23BrN2S/c1-3-19-9-8-14-4-6-15(7-5-14)11-20(2)12-16-10-17(18)21-13-16/h4-7,10,13,19H,3,8-9,11-12H2,1-2H3. The summed E-state index contributed by atoms with van der Waals surface area (Å²) >= 11 is 5.27. The van der Waals surface area contributed by atoms with Gasteiger partial charge in [0.05, 0.1) is 3.79 Å². The van der Waals surface area contributed by atoms with Crippen molar-refractivity contribution in [3.8, 4) is 0 Å². The lowest BCUT2D eigenvalue weighted by Crippen LogP contribution is -2.17. The van der Waals surface area contributed by atoms with Gasteiger partial charge in [-0.05, 0) is 70.6 Å². The Hall–Kier alpha value is -0.680. The molecule has 0 saturated heterocycles. The van der Waals surface area contributed by atoms with Crippen LogP contribution in [-0.2, 0) is 19.5 Å². The molecule has 0 bridgehead atoms. The Morgan fingerprint density at radius 2 is 1.76 bits per heavy atom. The van der Waals surface area contributed by atoms with E-state index in [9.17, 15) is 0 Å². The van der Waals surface area contributed by atoms with Gasteiger partial charge in [-0.15, -0.1) is 11.3 Å². The monoisotopic (exact) mass is 366 g/mol. The van der Waals surface area contributed by atoms with Crippen molar-refractivity contribution in [3.05, 3.63) is 56.2 Å². The second kappa shape index (κ2) is 8.69. The van der Waals surface area contributed by atoms with Crippen LogP contribution >= 0.6 is 27.3 Å². The number of hydrogen-bond donors (Lipinski definition) is 1. The van der Waals surface area contributed by atoms with Gasteiger partial charge >= 0.3 is 0 Å². The second-order valence-corrected chi connectivity index (χ2v) is 7.64. The number of benzene rings is 1. The summed E-state index contributed by atoms with van der Waals surface area (Å²) in [5.74, 6) is 0. The van der Waals surface area contributed by atoms with Crippen LogP contribution in [0.15, 0.2) is 39.5 Å². The highest BCUT2D eigenvalue weighted by Gasteiger charge is 2.04. The van der Waals surface area contributed by atoms with E-state index >= 15 is 0 Å². The summed E-state index contributed by atoms with van der Waals surface area (Å²) in [6, 6.07) is 11.2. The molecule has 0 radical (unpaired) electrons. The molecular weight excluding hydrogens is 344 g/mol. The predicted molar refractivity (Wildman–Crippen MR) is 95.9 cm³/mol. The first-order valence-corrected chi connectivity index (χ1v) is 9.04. The van der Waals surface area contributed by atoms with Crippen molar-refractivity contribution in [2.24, 2.45) is 0 Å². The van der Waals surface area contributed by atoms with Crippen LogP contribution in [0.2, 0.25) is 0 Å². The first kappa shape index (κ1) is 16.7. The molecule has 0 aliphatic rings. The zero-order chi connectivity index (χ0) is 15.1. The van der Waals surface area contributed by atoms with Crippen LogP contribution in [0.5, 0.6) is 0 Å². The summed E-state index contributed by atoms with van der Waals surface area (Å²) in [5, 5.41) is 5.57. The largest absolute Gasteiger partial charge is 0.317 e. The molecule has 1 N–H and O–H groups in total. The molecule has 1 heterocycles. The van der Waals surface area contributed by atoms with E-state index in [2.05, 4.69) is 75.8 Å². The molecule has 21 heavy (non-hydrogen) atoms. The van der Waals surface area contributed by atoms with Gasteiger partial charge in [-0.1, -0.05) is 31.2 Å². The minimum Gasteiger partial charge on any atom is -0.317 e. The smallest absolute Gasteiger partial charge is 0.0701 e. The van der Waals surface area contributed by atoms with Gasteiger partial charge < -0.3 is 5.32 Å². The molecule has 114 valence electrons. The summed E-state index contributed by atoms with van der Waals surface area (Å²) in [6.07, 6.45) is 1.10. The van der Waals surface area contributed by atoms with Crippen LogP contribution in [0.1, 0.15) is 23.6 Å². The molecule has 0 aliphatic heterocycles. The zero-order valence-corrected chi connectivity index (χ0v) is 15.1. The van der Waals surface area contributed by atoms with Gasteiger partial charge in [0.2, 0.25) is 0 Å². The molecule has 2 aromatic rings. The first-order chi connectivity index (χ1) is 10.2. The van der Waals surface area contributed by atoms with E-state index in [1.54, 1.807) is 11.3 Å². The quantitative estimate of drug-likeness (QED) is 0.700. The van der Waals surface area contributed by atoms with Crippen molar-refractivity contribution in [3.63, 3.8) is 0 Å². The highest BCUT2D eigenvalue weighted by atomic mass is 79.9. The molecule has 1 aromatic heterocycles. The van der Waals surface area contributed by atoms with Crippen LogP contribution in [-0.4, -0.2) is 25.0 Å². The minimum absolute atomic E-state index is 0.987. The van der Waals surface area contributed by atoms with Crippen molar-refractivity contribution in [2.75, 3.05) is 20.1 Å². The van der Waals surface area contributed by atoms with Gasteiger partial charge in [0.25, 0.3) is 0 Å². The number of halogens is 1. The van der Waals surface area contributed by atoms with Crippen LogP contribution < -0.4 is 5.32 Å². The average Bonchev–Trinajstić information content (AvgIpc) is 2.86. The number of thiophene rings is 1. The normalized spacial score (nSPS) is 11.2. The van der Waals surface area contributed by atoms with Crippen LogP contribution in [0.25, 0.3) is 0 Å². The molecule has 0 fully saturated rings. The Morgan fingerprint density at radius 3 is 2.38 bits per heavy atom. The van der Waals surface area contributed by atoms with E-state index in [0.717, 1.165) is 32.6 Å². The third-order valence-corrected chi connectivity index (χ3v) is 4.94. The zero-order valence-electron chi connectivity index (χ0n) is 12.7. The van der Waals surface area contributed by atoms with Gasteiger partial charge in [0.1, 0.15) is 0 Å². The van der Waals surface area contributed by atoms with Gasteiger partial charge in [-0.2, -0.15) is 0 Å². The summed E-state index contributed by atoms with van der Waals surface area (Å²) in [4.78, 5) is 2.35. The van der Waals surface area contributed by atoms with Crippen LogP contribution in [0, 0.1) is 0 Å². The number of nitrogens with zero attached hydrogens (tertiary/aromatic N) is 1. The van der Waals surface area contributed by atoms with E-state index in [4.69, 9.17) is 0 Å². The minimum atomic E-state index is 0.987. The lowest BCUT2D eigenvalue weighted by molar-refractivity contribution is 0.319. The maximum absolute atomic E-state index is 3.52. The molecule has 0 unspecified atom stereocenters. The van der Waals surface area contributed by atoms with Gasteiger partial charge in [0, 0.05) is 13.1 Å². The van der Waals surface area contributed by atoms with E-state index in [0.29, 0.717) is 0 Å². The van der Waals surface area contributed by atoms with Gasteiger partial charge in [0.15, 0.2) is 0 Å². The van der Waals surface area contributed by atoms with Crippen molar-refractivity contribution in [1.82, 2.24) is 10.2 Å². The Balaban J connectivity index is 1.82. The van der Waals surface area contributed by atoms with Crippen molar-refractivity contribution < 1.29 is 0 Å². The van der Waals surface area contributed by atoms with E-state index in [1.807, 2.05) is 0 Å². The molecule has 0 saturated carbocycles. The van der Waals surface area contributed by atoms with Gasteiger partial charge in [-0.3, -0.25) is 4.90 Å². The summed E-state index contributed by atoms with van der Waals surface area (Å²) < 4.78 is 1.20. The third kappa shape index (κ3) is 5.91. The first-order valence-electron chi connectivity index (χ1n) is 7.37. The second-order valence-electron chi connectivity index (χ2n) is 5.35. The Kier molecular flexibility index (Phi) is 6.90. The Labute approximate surface area is 140 Å². The van der Waals surface area contributed by atoms with E-state index in [-0.39, 0.29) is 0 Å². The van der Waals surface area contributed by atoms with E-state index in [1.165, 1.54) is 20.5 Å². The molecule has 2 rings (SSSR count). The van der Waals surface area contributed by atoms with E-state index < -0.39 is 0 Å². The average molecular weight is 367 g/mol. The number of nitrogens with one attached hydrogen (secondary N) is 1. The molecule has 0 atom stereocenters. The highest BCUT2D eigenvalue weighted by molar-refractivity contribution is 9.11. The van der Waals surface area contributed by atoms with Crippen LogP contribution in [0.4, 0.5) is 0 Å². The maximum Gasteiger partial charge on any atom is 0.0701 e. The third-order valence-electron chi connectivity index (χ3n) is 3.39. The SMILES string of the molecule is CCNCCc1ccc(CN(C)Cc2csc(Br)c2)cc1. The number of likely N-dealkylation sites (N-methyl/N-ethyl adjacent to an activating group) is 1. The Bertz CT molecular complexity index is 536. The molecule has 0 spiro atoms. The molecule has 0 aliphatic carbocycles. The summed E-state index contributed by atoms with van der Waals surface area (Å²) in [5.41, 5.74) is 4.15. The van der Waals surface area contributed by atoms with Crippen LogP contribution in [0.3, 0.4) is 0 Å². The molecule has 1 aromatic carbocycles. The maximum atomic E-state index is 3.52. The fraction of sp³-hybridized carbons (Fsp3) is 0.412. The molecular formula is C17H23BrN2S. The summed E-state index contributed by atoms with van der Waals surface area (Å²) in [7, 11) is 2.17. The molecule has 2 nitrogen and oxygen atoms in total.